The molecular formula is C22H26N4O3. The summed E-state index contributed by atoms with van der Waals surface area (Å²) in [6, 6.07) is 7.07. The van der Waals surface area contributed by atoms with Gasteiger partial charge in [0.2, 0.25) is 11.7 Å². The van der Waals surface area contributed by atoms with Gasteiger partial charge in [-0.05, 0) is 50.5 Å². The van der Waals surface area contributed by atoms with E-state index in [9.17, 15) is 14.4 Å². The van der Waals surface area contributed by atoms with Gasteiger partial charge in [0.15, 0.2) is 0 Å². The van der Waals surface area contributed by atoms with Gasteiger partial charge in [-0.2, -0.15) is 0 Å². The molecule has 1 N–H and O–H groups in total. The summed E-state index contributed by atoms with van der Waals surface area (Å²) in [6.45, 7) is 7.55. The van der Waals surface area contributed by atoms with Gasteiger partial charge in [0.25, 0.3) is 0 Å². The Kier molecular flexibility index (Phi) is 5.96. The summed E-state index contributed by atoms with van der Waals surface area (Å²) in [5, 5.41) is 0. The van der Waals surface area contributed by atoms with E-state index < -0.39 is 5.69 Å². The van der Waals surface area contributed by atoms with Gasteiger partial charge in [0.1, 0.15) is 11.5 Å². The predicted octanol–water partition coefficient (Wildman–Crippen LogP) is 3.54. The summed E-state index contributed by atoms with van der Waals surface area (Å²) in [5.41, 5.74) is 1.38. The van der Waals surface area contributed by atoms with E-state index in [4.69, 9.17) is 0 Å². The summed E-state index contributed by atoms with van der Waals surface area (Å²) in [6.07, 6.45) is 5.23. The minimum atomic E-state index is -0.548. The maximum atomic E-state index is 13.3. The molecular weight excluding hydrogens is 368 g/mol. The fraction of sp³-hybridized carbons (Fsp3) is 0.364. The molecule has 0 amide bonds. The molecule has 0 radical (unpaired) electrons. The van der Waals surface area contributed by atoms with E-state index in [2.05, 4.69) is 9.97 Å². The Morgan fingerprint density at radius 1 is 1.10 bits per heavy atom. The predicted molar refractivity (Wildman–Crippen MR) is 111 cm³/mol. The number of carbonyl (C=O) groups excluding carboxylic acids is 2. The molecule has 0 saturated heterocycles. The number of aromatic nitrogens is 4. The van der Waals surface area contributed by atoms with Crippen LogP contribution in [0.2, 0.25) is 0 Å². The fourth-order valence-electron chi connectivity index (χ4n) is 3.57. The molecule has 0 unspecified atom stereocenters. The molecule has 3 aromatic rings. The van der Waals surface area contributed by atoms with E-state index in [1.807, 2.05) is 50.6 Å². The lowest BCUT2D eigenvalue weighted by Gasteiger charge is -2.14. The van der Waals surface area contributed by atoms with Crippen molar-refractivity contribution in [2.45, 2.75) is 47.0 Å². The SMILES string of the molecule is CCc1[nH]c(=O)n(C(=O)C(CC)CC)c1C(=O)c1ccc(-n2ccnc2C)cc1. The number of carbonyl (C=O) groups is 2. The average Bonchev–Trinajstić information content (AvgIpc) is 3.31. The van der Waals surface area contributed by atoms with E-state index in [0.29, 0.717) is 30.5 Å². The zero-order valence-corrected chi connectivity index (χ0v) is 17.2. The summed E-state index contributed by atoms with van der Waals surface area (Å²) in [4.78, 5) is 45.6. The first kappa shape index (κ1) is 20.5. The third-order valence-corrected chi connectivity index (χ3v) is 5.33. The lowest BCUT2D eigenvalue weighted by atomic mass is 10.0. The number of aromatic amines is 1. The number of rotatable bonds is 7. The molecule has 2 heterocycles. The number of H-pyrrole nitrogens is 1. The second-order valence-corrected chi connectivity index (χ2v) is 7.02. The summed E-state index contributed by atoms with van der Waals surface area (Å²) in [7, 11) is 0. The molecule has 29 heavy (non-hydrogen) atoms. The van der Waals surface area contributed by atoms with Crippen molar-refractivity contribution in [3.8, 4) is 5.69 Å². The highest BCUT2D eigenvalue weighted by molar-refractivity contribution is 6.10. The number of nitrogens with one attached hydrogen (secondary N) is 1. The van der Waals surface area contributed by atoms with Crippen molar-refractivity contribution >= 4 is 11.7 Å². The first-order valence-corrected chi connectivity index (χ1v) is 9.96. The number of ketones is 1. The van der Waals surface area contributed by atoms with Gasteiger partial charge < -0.3 is 9.55 Å². The van der Waals surface area contributed by atoms with E-state index in [1.165, 1.54) is 0 Å². The van der Waals surface area contributed by atoms with Crippen molar-refractivity contribution < 1.29 is 9.59 Å². The van der Waals surface area contributed by atoms with Crippen LogP contribution in [0.5, 0.6) is 0 Å². The van der Waals surface area contributed by atoms with Crippen molar-refractivity contribution in [2.75, 3.05) is 0 Å². The maximum Gasteiger partial charge on any atom is 0.333 e. The number of benzene rings is 1. The van der Waals surface area contributed by atoms with Crippen LogP contribution in [0.4, 0.5) is 0 Å². The first-order valence-electron chi connectivity index (χ1n) is 9.96. The molecule has 0 saturated carbocycles. The standard InChI is InChI=1S/C22H26N4O3/c1-5-15(6-2)21(28)26-19(18(7-3)24-22(26)29)20(27)16-8-10-17(11-9-16)25-13-12-23-14(25)4/h8-13,15H,5-7H2,1-4H3,(H,24,29). The Bertz CT molecular complexity index is 1080. The van der Waals surface area contributed by atoms with Crippen LogP contribution in [0.1, 0.15) is 66.0 Å². The molecule has 152 valence electrons. The van der Waals surface area contributed by atoms with E-state index >= 15 is 0 Å². The highest BCUT2D eigenvalue weighted by Crippen LogP contribution is 2.19. The molecule has 0 bridgehead atoms. The summed E-state index contributed by atoms with van der Waals surface area (Å²) < 4.78 is 2.95. The monoisotopic (exact) mass is 394 g/mol. The van der Waals surface area contributed by atoms with Crippen LogP contribution in [-0.2, 0) is 6.42 Å². The topological polar surface area (TPSA) is 89.8 Å². The quantitative estimate of drug-likeness (QED) is 0.621. The van der Waals surface area contributed by atoms with Crippen LogP contribution in [0, 0.1) is 12.8 Å². The Labute approximate surface area is 169 Å². The van der Waals surface area contributed by atoms with Crippen molar-refractivity contribution in [2.24, 2.45) is 5.92 Å². The minimum absolute atomic E-state index is 0.140. The molecule has 3 rings (SSSR count). The Morgan fingerprint density at radius 3 is 2.28 bits per heavy atom. The minimum Gasteiger partial charge on any atom is -0.309 e. The van der Waals surface area contributed by atoms with Crippen LogP contribution < -0.4 is 5.69 Å². The van der Waals surface area contributed by atoms with E-state index in [0.717, 1.165) is 16.1 Å². The maximum absolute atomic E-state index is 13.3. The van der Waals surface area contributed by atoms with Gasteiger partial charge >= 0.3 is 5.69 Å². The molecule has 7 nitrogen and oxygen atoms in total. The molecule has 7 heteroatoms. The number of hydrogen-bond acceptors (Lipinski definition) is 4. The van der Waals surface area contributed by atoms with Gasteiger partial charge in [-0.3, -0.25) is 9.59 Å². The van der Waals surface area contributed by atoms with Crippen LogP contribution in [0.3, 0.4) is 0 Å². The first-order chi connectivity index (χ1) is 13.9. The Morgan fingerprint density at radius 2 is 1.76 bits per heavy atom. The van der Waals surface area contributed by atoms with Crippen LogP contribution >= 0.6 is 0 Å². The zero-order valence-electron chi connectivity index (χ0n) is 17.2. The van der Waals surface area contributed by atoms with Crippen LogP contribution in [-0.4, -0.2) is 30.8 Å². The average molecular weight is 394 g/mol. The number of imidazole rings is 2. The van der Waals surface area contributed by atoms with Crippen molar-refractivity contribution in [1.29, 1.82) is 0 Å². The molecule has 2 aromatic heterocycles. The second kappa shape index (κ2) is 8.43. The van der Waals surface area contributed by atoms with Gasteiger partial charge in [-0.15, -0.1) is 0 Å². The lowest BCUT2D eigenvalue weighted by molar-refractivity contribution is 0.0809. The molecule has 0 aliphatic heterocycles. The molecule has 0 atom stereocenters. The lowest BCUT2D eigenvalue weighted by Crippen LogP contribution is -2.32. The Hall–Kier alpha value is -3.22. The highest BCUT2D eigenvalue weighted by Gasteiger charge is 2.28. The molecule has 0 fully saturated rings. The number of aryl methyl sites for hydroxylation is 2. The molecule has 0 spiro atoms. The summed E-state index contributed by atoms with van der Waals surface area (Å²) >= 11 is 0. The van der Waals surface area contributed by atoms with Gasteiger partial charge in [-0.1, -0.05) is 20.8 Å². The zero-order chi connectivity index (χ0) is 21.1. The Balaban J connectivity index is 2.04. The van der Waals surface area contributed by atoms with Crippen molar-refractivity contribution in [1.82, 2.24) is 19.1 Å². The van der Waals surface area contributed by atoms with Crippen LogP contribution in [0.15, 0.2) is 41.5 Å². The van der Waals surface area contributed by atoms with E-state index in [-0.39, 0.29) is 23.3 Å². The van der Waals surface area contributed by atoms with Crippen molar-refractivity contribution in [3.63, 3.8) is 0 Å². The smallest absolute Gasteiger partial charge is 0.309 e. The fourth-order valence-corrected chi connectivity index (χ4v) is 3.57. The number of nitrogens with zero attached hydrogens (tertiary/aromatic N) is 3. The second-order valence-electron chi connectivity index (χ2n) is 7.02. The third-order valence-electron chi connectivity index (χ3n) is 5.33. The highest BCUT2D eigenvalue weighted by atomic mass is 16.2. The van der Waals surface area contributed by atoms with Gasteiger partial charge in [0.05, 0.1) is 0 Å². The molecule has 0 aliphatic carbocycles. The third kappa shape index (κ3) is 3.72. The molecule has 1 aromatic carbocycles. The molecule has 0 aliphatic rings. The number of hydrogen-bond donors (Lipinski definition) is 1. The van der Waals surface area contributed by atoms with E-state index in [1.54, 1.807) is 18.3 Å². The van der Waals surface area contributed by atoms with Crippen LogP contribution in [0.25, 0.3) is 5.69 Å². The van der Waals surface area contributed by atoms with Gasteiger partial charge in [-0.25, -0.2) is 14.3 Å². The largest absolute Gasteiger partial charge is 0.333 e. The van der Waals surface area contributed by atoms with Gasteiger partial charge in [0, 0.05) is 35.3 Å². The summed E-state index contributed by atoms with van der Waals surface area (Å²) in [5.74, 6) is -0.127. The normalized spacial score (nSPS) is 11.2. The van der Waals surface area contributed by atoms with Crippen molar-refractivity contribution in [3.05, 3.63) is 69.9 Å².